The van der Waals surface area contributed by atoms with Gasteiger partial charge in [-0.15, -0.1) is 11.6 Å². The lowest BCUT2D eigenvalue weighted by atomic mass is 9.81. The van der Waals surface area contributed by atoms with Gasteiger partial charge >= 0.3 is 0 Å². The Kier molecular flexibility index (Phi) is 2.24. The molecule has 3 heteroatoms. The lowest BCUT2D eigenvalue weighted by molar-refractivity contribution is -0.147. The van der Waals surface area contributed by atoms with E-state index in [0.29, 0.717) is 0 Å². The first-order valence-corrected chi connectivity index (χ1v) is 5.44. The highest BCUT2D eigenvalue weighted by molar-refractivity contribution is 6.33. The van der Waals surface area contributed by atoms with Crippen LogP contribution in [0.15, 0.2) is 12.2 Å². The molecule has 1 unspecified atom stereocenters. The molecule has 2 aliphatic heterocycles. The van der Waals surface area contributed by atoms with Crippen LogP contribution >= 0.6 is 11.6 Å². The Morgan fingerprint density at radius 2 is 2.21 bits per heavy atom. The van der Waals surface area contributed by atoms with E-state index in [0.717, 1.165) is 0 Å². The van der Waals surface area contributed by atoms with Crippen LogP contribution in [0, 0.1) is 11.8 Å². The largest absolute Gasteiger partial charge is 0.361 e. The molecule has 0 amide bonds. The van der Waals surface area contributed by atoms with Gasteiger partial charge in [0.25, 0.3) is 0 Å². The molecule has 0 aromatic heterocycles. The van der Waals surface area contributed by atoms with E-state index in [-0.39, 0.29) is 23.7 Å². The number of alkyl halides is 1. The summed E-state index contributed by atoms with van der Waals surface area (Å²) in [6.45, 7) is 5.93. The van der Waals surface area contributed by atoms with Crippen LogP contribution in [0.1, 0.15) is 20.8 Å². The number of Topliss-reactive ketones (excluding diaryl/α,β-unsaturated/α-hetero) is 1. The minimum absolute atomic E-state index is 0.0671. The normalized spacial score (nSPS) is 46.4. The molecule has 2 heterocycles. The number of rotatable bonds is 1. The zero-order valence-corrected chi connectivity index (χ0v) is 9.41. The molecule has 0 N–H and O–H groups in total. The van der Waals surface area contributed by atoms with Crippen molar-refractivity contribution < 1.29 is 9.53 Å². The molecule has 0 aromatic carbocycles. The third-order valence-electron chi connectivity index (χ3n) is 3.16. The number of carbonyl (C=O) groups is 1. The molecule has 1 saturated heterocycles. The smallest absolute Gasteiger partial charge is 0.160 e. The Bertz CT molecular complexity index is 298. The second-order valence-electron chi connectivity index (χ2n) is 4.66. The summed E-state index contributed by atoms with van der Waals surface area (Å²) in [6.07, 6.45) is 3.84. The number of hydrogen-bond donors (Lipinski definition) is 0. The molecular formula is C11H15ClO2. The van der Waals surface area contributed by atoms with Gasteiger partial charge in [0, 0.05) is 0 Å². The van der Waals surface area contributed by atoms with Crippen LogP contribution < -0.4 is 0 Å². The van der Waals surface area contributed by atoms with E-state index in [1.54, 1.807) is 0 Å². The fraction of sp³-hybridized carbons (Fsp3) is 0.727. The van der Waals surface area contributed by atoms with Gasteiger partial charge in [0.2, 0.25) is 0 Å². The van der Waals surface area contributed by atoms with Crippen molar-refractivity contribution in [2.45, 2.75) is 37.9 Å². The fourth-order valence-electron chi connectivity index (χ4n) is 2.32. The molecule has 78 valence electrons. The SMILES string of the molecule is CC(C)[C@@H]1C(=O)[C@H](Cl)C2(C)C=C[C@H]1O2. The van der Waals surface area contributed by atoms with Crippen molar-refractivity contribution in [3.63, 3.8) is 0 Å². The van der Waals surface area contributed by atoms with Gasteiger partial charge in [-0.2, -0.15) is 0 Å². The molecule has 0 radical (unpaired) electrons. The second-order valence-corrected chi connectivity index (χ2v) is 5.10. The maximum Gasteiger partial charge on any atom is 0.160 e. The van der Waals surface area contributed by atoms with E-state index < -0.39 is 11.0 Å². The number of halogens is 1. The lowest BCUT2D eigenvalue weighted by Crippen LogP contribution is -2.52. The van der Waals surface area contributed by atoms with Crippen molar-refractivity contribution in [3.8, 4) is 0 Å². The summed E-state index contributed by atoms with van der Waals surface area (Å²) in [5.41, 5.74) is -0.575. The predicted molar refractivity (Wildman–Crippen MR) is 55.4 cm³/mol. The first-order valence-electron chi connectivity index (χ1n) is 5.00. The number of ether oxygens (including phenoxy) is 1. The zero-order chi connectivity index (χ0) is 10.5. The topological polar surface area (TPSA) is 26.3 Å². The third-order valence-corrected chi connectivity index (χ3v) is 3.81. The van der Waals surface area contributed by atoms with Crippen LogP contribution in [0.4, 0.5) is 0 Å². The van der Waals surface area contributed by atoms with Gasteiger partial charge in [0.1, 0.15) is 11.0 Å². The highest BCUT2D eigenvalue weighted by Gasteiger charge is 2.52. The summed E-state index contributed by atoms with van der Waals surface area (Å²) in [7, 11) is 0. The molecule has 0 saturated carbocycles. The molecule has 2 bridgehead atoms. The second kappa shape index (κ2) is 3.07. The zero-order valence-electron chi connectivity index (χ0n) is 8.66. The van der Waals surface area contributed by atoms with Crippen molar-refractivity contribution >= 4 is 17.4 Å². The molecule has 0 aromatic rings. The van der Waals surface area contributed by atoms with Gasteiger partial charge in [0.15, 0.2) is 5.78 Å². The first kappa shape index (κ1) is 10.2. The summed E-state index contributed by atoms with van der Waals surface area (Å²) in [6, 6.07) is 0. The molecule has 2 aliphatic rings. The molecule has 4 atom stereocenters. The van der Waals surface area contributed by atoms with Crippen LogP contribution in [0.2, 0.25) is 0 Å². The maximum absolute atomic E-state index is 12.0. The Labute approximate surface area is 89.3 Å². The molecule has 2 nitrogen and oxygen atoms in total. The maximum atomic E-state index is 12.0. The lowest BCUT2D eigenvalue weighted by Gasteiger charge is -2.39. The number of fused-ring (bicyclic) bond motifs is 2. The predicted octanol–water partition coefficient (Wildman–Crippen LogP) is 2.16. The van der Waals surface area contributed by atoms with E-state index >= 15 is 0 Å². The van der Waals surface area contributed by atoms with E-state index in [1.165, 1.54) is 0 Å². The van der Waals surface area contributed by atoms with E-state index in [2.05, 4.69) is 0 Å². The van der Waals surface area contributed by atoms with Crippen LogP contribution in [0.25, 0.3) is 0 Å². The Morgan fingerprint density at radius 1 is 1.57 bits per heavy atom. The fourth-order valence-corrected chi connectivity index (χ4v) is 2.59. The Balaban J connectivity index is 2.34. The average molecular weight is 215 g/mol. The summed E-state index contributed by atoms with van der Waals surface area (Å²) < 4.78 is 5.78. The highest BCUT2D eigenvalue weighted by atomic mass is 35.5. The van der Waals surface area contributed by atoms with Crippen LogP contribution in [-0.2, 0) is 9.53 Å². The number of carbonyl (C=O) groups excluding carboxylic acids is 1. The van der Waals surface area contributed by atoms with Gasteiger partial charge in [-0.3, -0.25) is 4.79 Å². The molecule has 14 heavy (non-hydrogen) atoms. The standard InChI is InChI=1S/C11H15ClO2/c1-6(2)8-7-4-5-11(3,14-7)10(12)9(8)13/h4-8,10H,1-3H3/t7-,8+,10+,11?/m1/s1. The number of hydrogen-bond acceptors (Lipinski definition) is 2. The van der Waals surface area contributed by atoms with Gasteiger partial charge in [-0.25, -0.2) is 0 Å². The van der Waals surface area contributed by atoms with Crippen LogP contribution in [0.5, 0.6) is 0 Å². The van der Waals surface area contributed by atoms with Crippen molar-refractivity contribution in [3.05, 3.63) is 12.2 Å². The van der Waals surface area contributed by atoms with Gasteiger partial charge in [-0.1, -0.05) is 26.0 Å². The molecule has 0 aliphatic carbocycles. The average Bonchev–Trinajstić information content (AvgIpc) is 2.43. The van der Waals surface area contributed by atoms with Crippen LogP contribution in [-0.4, -0.2) is 22.9 Å². The molecule has 0 spiro atoms. The highest BCUT2D eigenvalue weighted by Crippen LogP contribution is 2.42. The first-order chi connectivity index (χ1) is 6.46. The summed E-state index contributed by atoms with van der Waals surface area (Å²) in [5, 5.41) is -0.537. The Hall–Kier alpha value is -0.340. The molecular weight excluding hydrogens is 200 g/mol. The summed E-state index contributed by atoms with van der Waals surface area (Å²) in [4.78, 5) is 12.0. The molecule has 2 rings (SSSR count). The quantitative estimate of drug-likeness (QED) is 0.494. The third kappa shape index (κ3) is 1.24. The monoisotopic (exact) mass is 214 g/mol. The summed E-state index contributed by atoms with van der Waals surface area (Å²) in [5.74, 6) is 0.329. The van der Waals surface area contributed by atoms with Crippen molar-refractivity contribution in [1.82, 2.24) is 0 Å². The van der Waals surface area contributed by atoms with Gasteiger partial charge in [-0.05, 0) is 12.8 Å². The minimum atomic E-state index is -0.575. The van der Waals surface area contributed by atoms with E-state index in [4.69, 9.17) is 16.3 Å². The summed E-state index contributed by atoms with van der Waals surface area (Å²) >= 11 is 6.11. The van der Waals surface area contributed by atoms with Crippen molar-refractivity contribution in [1.29, 1.82) is 0 Å². The van der Waals surface area contributed by atoms with Crippen molar-refractivity contribution in [2.24, 2.45) is 11.8 Å². The number of ketones is 1. The van der Waals surface area contributed by atoms with Gasteiger partial charge in [0.05, 0.1) is 12.0 Å². The van der Waals surface area contributed by atoms with Crippen molar-refractivity contribution in [2.75, 3.05) is 0 Å². The minimum Gasteiger partial charge on any atom is -0.361 e. The Morgan fingerprint density at radius 3 is 2.79 bits per heavy atom. The van der Waals surface area contributed by atoms with Crippen LogP contribution in [0.3, 0.4) is 0 Å². The molecule has 1 fully saturated rings. The van der Waals surface area contributed by atoms with Gasteiger partial charge < -0.3 is 4.74 Å². The van der Waals surface area contributed by atoms with E-state index in [9.17, 15) is 4.79 Å². The van der Waals surface area contributed by atoms with E-state index in [1.807, 2.05) is 32.9 Å².